The molecule has 3 aromatic rings. The third-order valence-corrected chi connectivity index (χ3v) is 2.94. The van der Waals surface area contributed by atoms with Crippen LogP contribution < -0.4 is 5.32 Å². The van der Waals surface area contributed by atoms with Crippen LogP contribution in [-0.2, 0) is 13.6 Å². The largest absolute Gasteiger partial charge is 0.365 e. The van der Waals surface area contributed by atoms with Gasteiger partial charge in [-0.15, -0.1) is 0 Å². The third kappa shape index (κ3) is 2.51. The predicted octanol–water partition coefficient (Wildman–Crippen LogP) is 2.63. The standard InChI is InChI=1S/C13H12ClN5/c1-19-8-10-11(16-13(14)17-12(10)18-19)15-7-9-5-3-2-4-6-9/h2-6,8H,7H2,1H3,(H,15,16,17,18). The molecule has 2 heterocycles. The Kier molecular flexibility index (Phi) is 3.05. The van der Waals surface area contributed by atoms with Crippen LogP contribution in [0.3, 0.4) is 0 Å². The fourth-order valence-corrected chi connectivity index (χ4v) is 2.07. The number of aryl methyl sites for hydroxylation is 1. The van der Waals surface area contributed by atoms with Crippen molar-refractivity contribution in [2.45, 2.75) is 6.54 Å². The highest BCUT2D eigenvalue weighted by Gasteiger charge is 2.09. The monoisotopic (exact) mass is 273 g/mol. The highest BCUT2D eigenvalue weighted by atomic mass is 35.5. The number of anilines is 1. The van der Waals surface area contributed by atoms with Gasteiger partial charge in [-0.1, -0.05) is 30.3 Å². The quantitative estimate of drug-likeness (QED) is 0.746. The smallest absolute Gasteiger partial charge is 0.226 e. The van der Waals surface area contributed by atoms with Crippen LogP contribution in [0.25, 0.3) is 11.0 Å². The van der Waals surface area contributed by atoms with Crippen LogP contribution in [0, 0.1) is 0 Å². The van der Waals surface area contributed by atoms with E-state index in [0.29, 0.717) is 18.0 Å². The molecule has 19 heavy (non-hydrogen) atoms. The molecule has 0 fully saturated rings. The van der Waals surface area contributed by atoms with E-state index in [1.165, 1.54) is 5.56 Å². The molecule has 0 aliphatic carbocycles. The Labute approximate surface area is 115 Å². The number of nitrogens with zero attached hydrogens (tertiary/aromatic N) is 4. The Morgan fingerprint density at radius 1 is 1.21 bits per heavy atom. The summed E-state index contributed by atoms with van der Waals surface area (Å²) < 4.78 is 1.70. The van der Waals surface area contributed by atoms with Gasteiger partial charge in [-0.05, 0) is 17.2 Å². The molecule has 0 saturated carbocycles. The van der Waals surface area contributed by atoms with Crippen molar-refractivity contribution in [3.8, 4) is 0 Å². The number of hydrogen-bond acceptors (Lipinski definition) is 4. The maximum Gasteiger partial charge on any atom is 0.226 e. The number of hydrogen-bond donors (Lipinski definition) is 1. The second kappa shape index (κ2) is 4.85. The van der Waals surface area contributed by atoms with Crippen LogP contribution in [-0.4, -0.2) is 19.7 Å². The van der Waals surface area contributed by atoms with E-state index in [1.807, 2.05) is 31.4 Å². The van der Waals surface area contributed by atoms with Crippen LogP contribution in [0.2, 0.25) is 5.28 Å². The number of rotatable bonds is 3. The molecule has 0 aliphatic rings. The van der Waals surface area contributed by atoms with Gasteiger partial charge in [0.1, 0.15) is 5.82 Å². The van der Waals surface area contributed by atoms with E-state index in [2.05, 4.69) is 32.5 Å². The second-order valence-electron chi connectivity index (χ2n) is 4.22. The molecule has 0 unspecified atom stereocenters. The van der Waals surface area contributed by atoms with Gasteiger partial charge in [-0.2, -0.15) is 15.1 Å². The summed E-state index contributed by atoms with van der Waals surface area (Å²) in [7, 11) is 1.84. The molecule has 0 spiro atoms. The third-order valence-electron chi connectivity index (χ3n) is 2.77. The molecule has 0 saturated heterocycles. The van der Waals surface area contributed by atoms with Crippen LogP contribution in [0.4, 0.5) is 5.82 Å². The minimum Gasteiger partial charge on any atom is -0.365 e. The lowest BCUT2D eigenvalue weighted by molar-refractivity contribution is 0.775. The van der Waals surface area contributed by atoms with Gasteiger partial charge in [0, 0.05) is 19.8 Å². The minimum absolute atomic E-state index is 0.196. The van der Waals surface area contributed by atoms with E-state index in [0.717, 1.165) is 5.39 Å². The lowest BCUT2D eigenvalue weighted by Gasteiger charge is -2.06. The molecule has 1 N–H and O–H groups in total. The summed E-state index contributed by atoms with van der Waals surface area (Å²) in [5.41, 5.74) is 1.77. The number of benzene rings is 1. The Morgan fingerprint density at radius 3 is 2.79 bits per heavy atom. The maximum atomic E-state index is 5.90. The van der Waals surface area contributed by atoms with Gasteiger partial charge in [0.2, 0.25) is 5.28 Å². The molecule has 1 aromatic carbocycles. The van der Waals surface area contributed by atoms with Gasteiger partial charge in [0.15, 0.2) is 5.65 Å². The number of aromatic nitrogens is 4. The summed E-state index contributed by atoms with van der Waals surface area (Å²) in [6, 6.07) is 10.1. The molecule has 6 heteroatoms. The molecular weight excluding hydrogens is 262 g/mol. The molecule has 0 radical (unpaired) electrons. The number of halogens is 1. The van der Waals surface area contributed by atoms with Crippen molar-refractivity contribution >= 4 is 28.5 Å². The van der Waals surface area contributed by atoms with Gasteiger partial charge >= 0.3 is 0 Å². The van der Waals surface area contributed by atoms with Crippen molar-refractivity contribution in [2.24, 2.45) is 7.05 Å². The zero-order valence-corrected chi connectivity index (χ0v) is 11.1. The highest BCUT2D eigenvalue weighted by molar-refractivity contribution is 6.28. The molecule has 3 rings (SSSR count). The molecule has 0 bridgehead atoms. The van der Waals surface area contributed by atoms with E-state index >= 15 is 0 Å². The Balaban J connectivity index is 1.92. The van der Waals surface area contributed by atoms with Gasteiger partial charge in [-0.25, -0.2) is 0 Å². The van der Waals surface area contributed by atoms with E-state index in [1.54, 1.807) is 4.68 Å². The van der Waals surface area contributed by atoms with E-state index < -0.39 is 0 Å². The van der Waals surface area contributed by atoms with E-state index in [-0.39, 0.29) is 5.28 Å². The minimum atomic E-state index is 0.196. The molecule has 0 atom stereocenters. The molecule has 96 valence electrons. The summed E-state index contributed by atoms with van der Waals surface area (Å²) in [5, 5.41) is 8.56. The first-order valence-electron chi connectivity index (χ1n) is 5.87. The topological polar surface area (TPSA) is 55.6 Å². The van der Waals surface area contributed by atoms with Crippen molar-refractivity contribution in [1.82, 2.24) is 19.7 Å². The van der Waals surface area contributed by atoms with Gasteiger partial charge in [0.25, 0.3) is 0 Å². The zero-order valence-electron chi connectivity index (χ0n) is 10.3. The van der Waals surface area contributed by atoms with Crippen LogP contribution in [0.15, 0.2) is 36.5 Å². The van der Waals surface area contributed by atoms with Crippen molar-refractivity contribution in [3.05, 3.63) is 47.4 Å². The van der Waals surface area contributed by atoms with Crippen LogP contribution in [0.5, 0.6) is 0 Å². The Bertz CT molecular complexity index is 708. The first kappa shape index (κ1) is 11.9. The number of fused-ring (bicyclic) bond motifs is 1. The SMILES string of the molecule is Cn1cc2c(NCc3ccccc3)nc(Cl)nc2n1. The Morgan fingerprint density at radius 2 is 2.00 bits per heavy atom. The first-order chi connectivity index (χ1) is 9.22. The summed E-state index contributed by atoms with van der Waals surface area (Å²) in [6.45, 7) is 0.679. The van der Waals surface area contributed by atoms with Crippen LogP contribution >= 0.6 is 11.6 Å². The summed E-state index contributed by atoms with van der Waals surface area (Å²) >= 11 is 5.90. The number of nitrogens with one attached hydrogen (secondary N) is 1. The summed E-state index contributed by atoms with van der Waals surface area (Å²) in [6.07, 6.45) is 1.87. The highest BCUT2D eigenvalue weighted by Crippen LogP contribution is 2.21. The van der Waals surface area contributed by atoms with E-state index in [4.69, 9.17) is 11.6 Å². The molecule has 0 amide bonds. The Hall–Kier alpha value is -2.14. The van der Waals surface area contributed by atoms with Gasteiger partial charge in [-0.3, -0.25) is 4.68 Å². The van der Waals surface area contributed by atoms with Crippen LogP contribution in [0.1, 0.15) is 5.56 Å². The fourth-order valence-electron chi connectivity index (χ4n) is 1.91. The fraction of sp³-hybridized carbons (Fsp3) is 0.154. The van der Waals surface area contributed by atoms with Crippen molar-refractivity contribution in [2.75, 3.05) is 5.32 Å². The average molecular weight is 274 g/mol. The zero-order chi connectivity index (χ0) is 13.2. The predicted molar refractivity (Wildman–Crippen MR) is 75.1 cm³/mol. The second-order valence-corrected chi connectivity index (χ2v) is 4.56. The maximum absolute atomic E-state index is 5.90. The van der Waals surface area contributed by atoms with E-state index in [9.17, 15) is 0 Å². The average Bonchev–Trinajstić information content (AvgIpc) is 2.77. The molecule has 2 aromatic heterocycles. The molecular formula is C13H12ClN5. The summed E-state index contributed by atoms with van der Waals surface area (Å²) in [5.74, 6) is 0.701. The molecule has 5 nitrogen and oxygen atoms in total. The van der Waals surface area contributed by atoms with Gasteiger partial charge in [0.05, 0.1) is 5.39 Å². The normalized spacial score (nSPS) is 10.8. The lowest BCUT2D eigenvalue weighted by Crippen LogP contribution is -2.02. The van der Waals surface area contributed by atoms with Crippen molar-refractivity contribution in [1.29, 1.82) is 0 Å². The molecule has 0 aliphatic heterocycles. The summed E-state index contributed by atoms with van der Waals surface area (Å²) in [4.78, 5) is 8.31. The van der Waals surface area contributed by atoms with Crippen molar-refractivity contribution in [3.63, 3.8) is 0 Å². The first-order valence-corrected chi connectivity index (χ1v) is 6.25. The van der Waals surface area contributed by atoms with Crippen molar-refractivity contribution < 1.29 is 0 Å². The van der Waals surface area contributed by atoms with Gasteiger partial charge < -0.3 is 5.32 Å². The lowest BCUT2D eigenvalue weighted by atomic mass is 10.2.